The molecule has 2 rings (SSSR count). The molecule has 1 aromatic carbocycles. The van der Waals surface area contributed by atoms with Crippen molar-refractivity contribution in [1.29, 1.82) is 0 Å². The molecule has 2 aromatic rings. The highest BCUT2D eigenvalue weighted by molar-refractivity contribution is 14.0. The molecule has 1 aromatic heterocycles. The van der Waals surface area contributed by atoms with Crippen LogP contribution in [0.5, 0.6) is 0 Å². The SMILES string of the molecule is CCc1cnc(CNC(=NC)NCC(C)(C)c2cccc(F)c2)s1.I. The quantitative estimate of drug-likeness (QED) is 0.375. The molecule has 0 spiro atoms. The molecule has 0 aliphatic rings. The maximum absolute atomic E-state index is 13.4. The summed E-state index contributed by atoms with van der Waals surface area (Å²) >= 11 is 1.71. The van der Waals surface area contributed by atoms with Gasteiger partial charge in [0.1, 0.15) is 10.8 Å². The van der Waals surface area contributed by atoms with Gasteiger partial charge in [0.25, 0.3) is 0 Å². The Balaban J connectivity index is 0.00000312. The molecule has 7 heteroatoms. The highest BCUT2D eigenvalue weighted by Gasteiger charge is 2.21. The second-order valence-corrected chi connectivity index (χ2v) is 7.45. The molecule has 4 nitrogen and oxygen atoms in total. The Morgan fingerprint density at radius 3 is 2.68 bits per heavy atom. The standard InChI is InChI=1S/C18H25FN4S.HI/c1-5-15-10-21-16(24-15)11-22-17(20-4)23-12-18(2,3)13-7-6-8-14(19)9-13;/h6-10H,5,11-12H2,1-4H3,(H2,20,22,23);1H. The van der Waals surface area contributed by atoms with E-state index in [1.54, 1.807) is 30.5 Å². The molecule has 0 amide bonds. The molecule has 0 unspecified atom stereocenters. The average molecular weight is 476 g/mol. The van der Waals surface area contributed by atoms with Crippen molar-refractivity contribution in [3.05, 3.63) is 51.7 Å². The smallest absolute Gasteiger partial charge is 0.191 e. The first-order chi connectivity index (χ1) is 11.4. The summed E-state index contributed by atoms with van der Waals surface area (Å²) in [5, 5.41) is 7.62. The topological polar surface area (TPSA) is 49.3 Å². The second-order valence-electron chi connectivity index (χ2n) is 6.25. The predicted octanol–water partition coefficient (Wildman–Crippen LogP) is 4.11. The van der Waals surface area contributed by atoms with Crippen LogP contribution < -0.4 is 10.6 Å². The minimum Gasteiger partial charge on any atom is -0.356 e. The second kappa shape index (κ2) is 10.1. The van der Waals surface area contributed by atoms with E-state index in [1.165, 1.54) is 10.9 Å². The van der Waals surface area contributed by atoms with E-state index in [4.69, 9.17) is 0 Å². The molecule has 0 aliphatic carbocycles. The molecule has 0 saturated heterocycles. The van der Waals surface area contributed by atoms with E-state index in [2.05, 4.69) is 41.4 Å². The van der Waals surface area contributed by atoms with E-state index < -0.39 is 0 Å². The van der Waals surface area contributed by atoms with Gasteiger partial charge in [-0.1, -0.05) is 32.9 Å². The molecule has 0 bridgehead atoms. The van der Waals surface area contributed by atoms with Crippen LogP contribution in [0.3, 0.4) is 0 Å². The van der Waals surface area contributed by atoms with Crippen molar-refractivity contribution in [3.63, 3.8) is 0 Å². The number of guanidine groups is 1. The third kappa shape index (κ3) is 6.54. The largest absolute Gasteiger partial charge is 0.356 e. The van der Waals surface area contributed by atoms with Crippen LogP contribution in [0.4, 0.5) is 4.39 Å². The number of hydrogen-bond donors (Lipinski definition) is 2. The van der Waals surface area contributed by atoms with Gasteiger partial charge in [0.2, 0.25) is 0 Å². The first kappa shape index (κ1) is 21.8. The Morgan fingerprint density at radius 2 is 2.08 bits per heavy atom. The third-order valence-electron chi connectivity index (χ3n) is 3.88. The van der Waals surface area contributed by atoms with Gasteiger partial charge in [0.05, 0.1) is 6.54 Å². The third-order valence-corrected chi connectivity index (χ3v) is 5.03. The number of halogens is 2. The van der Waals surface area contributed by atoms with Gasteiger partial charge < -0.3 is 10.6 Å². The van der Waals surface area contributed by atoms with Crippen LogP contribution in [0.25, 0.3) is 0 Å². The van der Waals surface area contributed by atoms with E-state index in [0.717, 1.165) is 17.0 Å². The molecule has 0 fully saturated rings. The van der Waals surface area contributed by atoms with Gasteiger partial charge in [-0.05, 0) is 24.1 Å². The number of nitrogens with zero attached hydrogens (tertiary/aromatic N) is 2. The molecular weight excluding hydrogens is 450 g/mol. The van der Waals surface area contributed by atoms with E-state index in [9.17, 15) is 4.39 Å². The van der Waals surface area contributed by atoms with Crippen LogP contribution in [0.15, 0.2) is 35.5 Å². The van der Waals surface area contributed by atoms with Crippen LogP contribution in [0.1, 0.15) is 36.2 Å². The molecular formula is C18H26FIN4S. The monoisotopic (exact) mass is 476 g/mol. The fraction of sp³-hybridized carbons (Fsp3) is 0.444. The molecule has 0 saturated carbocycles. The number of rotatable bonds is 6. The number of hydrogen-bond acceptors (Lipinski definition) is 3. The van der Waals surface area contributed by atoms with Crippen molar-refractivity contribution in [2.45, 2.75) is 39.2 Å². The van der Waals surface area contributed by atoms with Crippen LogP contribution in [-0.2, 0) is 18.4 Å². The predicted molar refractivity (Wildman–Crippen MR) is 115 cm³/mol. The maximum Gasteiger partial charge on any atom is 0.191 e. The van der Waals surface area contributed by atoms with E-state index in [-0.39, 0.29) is 35.2 Å². The number of thiazole rings is 1. The van der Waals surface area contributed by atoms with Crippen molar-refractivity contribution in [2.24, 2.45) is 4.99 Å². The fourth-order valence-electron chi connectivity index (χ4n) is 2.29. The lowest BCUT2D eigenvalue weighted by Crippen LogP contribution is -2.43. The lowest BCUT2D eigenvalue weighted by Gasteiger charge is -2.26. The lowest BCUT2D eigenvalue weighted by atomic mass is 9.84. The van der Waals surface area contributed by atoms with Crippen molar-refractivity contribution >= 4 is 41.3 Å². The van der Waals surface area contributed by atoms with Crippen molar-refractivity contribution in [1.82, 2.24) is 15.6 Å². The zero-order valence-electron chi connectivity index (χ0n) is 15.1. The minimum absolute atomic E-state index is 0. The summed E-state index contributed by atoms with van der Waals surface area (Å²) in [6.07, 6.45) is 2.93. The number of aromatic nitrogens is 1. The van der Waals surface area contributed by atoms with Gasteiger partial charge in [-0.15, -0.1) is 35.3 Å². The number of aryl methyl sites for hydroxylation is 1. The summed E-state index contributed by atoms with van der Waals surface area (Å²) < 4.78 is 13.4. The normalized spacial score (nSPS) is 11.8. The van der Waals surface area contributed by atoms with Crippen molar-refractivity contribution in [3.8, 4) is 0 Å². The fourth-order valence-corrected chi connectivity index (χ4v) is 3.09. The van der Waals surface area contributed by atoms with Gasteiger partial charge in [0.15, 0.2) is 5.96 Å². The van der Waals surface area contributed by atoms with Crippen molar-refractivity contribution < 1.29 is 4.39 Å². The van der Waals surface area contributed by atoms with E-state index >= 15 is 0 Å². The molecule has 25 heavy (non-hydrogen) atoms. The summed E-state index contributed by atoms with van der Waals surface area (Å²) in [6.45, 7) is 7.57. The first-order valence-electron chi connectivity index (χ1n) is 8.08. The highest BCUT2D eigenvalue weighted by Crippen LogP contribution is 2.22. The van der Waals surface area contributed by atoms with E-state index in [0.29, 0.717) is 19.0 Å². The van der Waals surface area contributed by atoms with Crippen LogP contribution in [0.2, 0.25) is 0 Å². The molecule has 0 aliphatic heterocycles. The summed E-state index contributed by atoms with van der Waals surface area (Å²) in [7, 11) is 1.74. The highest BCUT2D eigenvalue weighted by atomic mass is 127. The molecule has 138 valence electrons. The average Bonchev–Trinajstić information content (AvgIpc) is 3.03. The van der Waals surface area contributed by atoms with Crippen molar-refractivity contribution in [2.75, 3.05) is 13.6 Å². The van der Waals surface area contributed by atoms with Gasteiger partial charge in [-0.25, -0.2) is 9.37 Å². The van der Waals surface area contributed by atoms with Crippen LogP contribution in [-0.4, -0.2) is 24.5 Å². The van der Waals surface area contributed by atoms with Crippen LogP contribution in [0, 0.1) is 5.82 Å². The molecule has 2 N–H and O–H groups in total. The Labute approximate surface area is 170 Å². The number of aliphatic imine (C=N–C) groups is 1. The van der Waals surface area contributed by atoms with E-state index in [1.807, 2.05) is 12.3 Å². The van der Waals surface area contributed by atoms with Gasteiger partial charge in [-0.3, -0.25) is 4.99 Å². The Morgan fingerprint density at radius 1 is 1.32 bits per heavy atom. The van der Waals surface area contributed by atoms with Crippen LogP contribution >= 0.6 is 35.3 Å². The maximum atomic E-state index is 13.4. The number of nitrogens with one attached hydrogen (secondary N) is 2. The number of benzene rings is 1. The van der Waals surface area contributed by atoms with Gasteiger partial charge >= 0.3 is 0 Å². The molecule has 0 atom stereocenters. The Hall–Kier alpha value is -1.22. The summed E-state index contributed by atoms with van der Waals surface area (Å²) in [4.78, 5) is 9.91. The molecule has 0 radical (unpaired) electrons. The lowest BCUT2D eigenvalue weighted by molar-refractivity contribution is 0.503. The Kier molecular flexibility index (Phi) is 8.78. The zero-order valence-corrected chi connectivity index (χ0v) is 18.2. The first-order valence-corrected chi connectivity index (χ1v) is 8.90. The summed E-state index contributed by atoms with van der Waals surface area (Å²) in [5.74, 6) is 0.506. The summed E-state index contributed by atoms with van der Waals surface area (Å²) in [5.41, 5.74) is 0.744. The molecule has 1 heterocycles. The summed E-state index contributed by atoms with van der Waals surface area (Å²) in [6, 6.07) is 6.74. The zero-order chi connectivity index (χ0) is 17.6. The Bertz CT molecular complexity index is 700. The minimum atomic E-state index is -0.212. The van der Waals surface area contributed by atoms with Gasteiger partial charge in [-0.2, -0.15) is 0 Å². The van der Waals surface area contributed by atoms with Gasteiger partial charge in [0, 0.05) is 30.1 Å².